The van der Waals surface area contributed by atoms with E-state index in [0.29, 0.717) is 28.5 Å². The van der Waals surface area contributed by atoms with E-state index in [2.05, 4.69) is 11.9 Å². The Hall–Kier alpha value is -3.81. The summed E-state index contributed by atoms with van der Waals surface area (Å²) in [6, 6.07) is 8.59. The molecule has 30 heavy (non-hydrogen) atoms. The van der Waals surface area contributed by atoms with Crippen molar-refractivity contribution < 1.29 is 28.2 Å². The molecule has 2 aromatic carbocycles. The van der Waals surface area contributed by atoms with Crippen molar-refractivity contribution in [2.24, 2.45) is 0 Å². The molecule has 0 saturated heterocycles. The lowest BCUT2D eigenvalue weighted by molar-refractivity contribution is -0.136. The monoisotopic (exact) mass is 412 g/mol. The van der Waals surface area contributed by atoms with Crippen LogP contribution in [0.4, 0.5) is 10.1 Å². The van der Waals surface area contributed by atoms with Crippen LogP contribution in [0.2, 0.25) is 0 Å². The maximum atomic E-state index is 13.4. The van der Waals surface area contributed by atoms with Gasteiger partial charge in [-0.15, -0.1) is 6.58 Å². The first-order valence-corrected chi connectivity index (χ1v) is 8.99. The summed E-state index contributed by atoms with van der Waals surface area (Å²) in [4.78, 5) is 27.0. The Morgan fingerprint density at radius 1 is 1.00 bits per heavy atom. The van der Waals surface area contributed by atoms with Crippen LogP contribution >= 0.6 is 0 Å². The second-order valence-electron chi connectivity index (χ2n) is 6.31. The Balaban J connectivity index is 2.12. The number of methoxy groups -OCH3 is 3. The summed E-state index contributed by atoms with van der Waals surface area (Å²) in [5.74, 6) is -0.320. The number of ether oxygens (including phenoxy) is 3. The first-order chi connectivity index (χ1) is 14.4. The van der Waals surface area contributed by atoms with Crippen LogP contribution in [0.25, 0.3) is 5.57 Å². The molecular weight excluding hydrogens is 391 g/mol. The van der Waals surface area contributed by atoms with Crippen molar-refractivity contribution in [1.29, 1.82) is 0 Å². The van der Waals surface area contributed by atoms with E-state index in [1.807, 2.05) is 0 Å². The van der Waals surface area contributed by atoms with Crippen LogP contribution < -0.4 is 19.5 Å². The van der Waals surface area contributed by atoms with E-state index in [9.17, 15) is 14.0 Å². The van der Waals surface area contributed by atoms with E-state index in [4.69, 9.17) is 14.2 Å². The van der Waals surface area contributed by atoms with E-state index in [1.165, 1.54) is 51.7 Å². The standard InChI is InChI=1S/C22H21FN2O5/c1-5-10-25-21(26)18(13-6-8-14(23)9-7-13)19(22(25)27)24-15-11-16(28-2)20(30-4)17(12-15)29-3/h5-9,11-12,24H,1,10H2,2-4H3. The Morgan fingerprint density at radius 3 is 2.10 bits per heavy atom. The maximum absolute atomic E-state index is 13.4. The first kappa shape index (κ1) is 20.9. The number of nitrogens with zero attached hydrogens (tertiary/aromatic N) is 1. The number of halogens is 1. The van der Waals surface area contributed by atoms with E-state index < -0.39 is 17.6 Å². The third-order valence-corrected chi connectivity index (χ3v) is 4.55. The minimum absolute atomic E-state index is 0.0444. The van der Waals surface area contributed by atoms with Crippen LogP contribution in [0, 0.1) is 5.82 Å². The molecule has 0 saturated carbocycles. The van der Waals surface area contributed by atoms with Crippen LogP contribution in [-0.4, -0.2) is 44.6 Å². The summed E-state index contributed by atoms with van der Waals surface area (Å²) < 4.78 is 29.4. The molecule has 0 aromatic heterocycles. The third-order valence-electron chi connectivity index (χ3n) is 4.55. The number of benzene rings is 2. The summed E-state index contributed by atoms with van der Waals surface area (Å²) in [5.41, 5.74) is 1.05. The Morgan fingerprint density at radius 2 is 1.60 bits per heavy atom. The largest absolute Gasteiger partial charge is 0.493 e. The number of hydrogen-bond acceptors (Lipinski definition) is 6. The third kappa shape index (κ3) is 3.71. The van der Waals surface area contributed by atoms with Gasteiger partial charge in [0.2, 0.25) is 5.75 Å². The van der Waals surface area contributed by atoms with E-state index in [-0.39, 0.29) is 17.8 Å². The number of nitrogens with one attached hydrogen (secondary N) is 1. The average Bonchev–Trinajstić information content (AvgIpc) is 2.98. The molecule has 3 rings (SSSR count). The quantitative estimate of drug-likeness (QED) is 0.530. The van der Waals surface area contributed by atoms with Gasteiger partial charge >= 0.3 is 0 Å². The van der Waals surface area contributed by atoms with Gasteiger partial charge in [-0.05, 0) is 17.7 Å². The number of amides is 2. The molecule has 1 aliphatic rings. The van der Waals surface area contributed by atoms with Gasteiger partial charge < -0.3 is 19.5 Å². The molecule has 1 heterocycles. The van der Waals surface area contributed by atoms with Gasteiger partial charge in [0, 0.05) is 24.4 Å². The van der Waals surface area contributed by atoms with E-state index >= 15 is 0 Å². The smallest absolute Gasteiger partial charge is 0.278 e. The minimum atomic E-state index is -0.520. The molecule has 2 amide bonds. The van der Waals surface area contributed by atoms with Gasteiger partial charge in [-0.1, -0.05) is 18.2 Å². The number of hydrogen-bond donors (Lipinski definition) is 1. The number of rotatable bonds is 8. The van der Waals surface area contributed by atoms with Crippen molar-refractivity contribution in [1.82, 2.24) is 4.90 Å². The van der Waals surface area contributed by atoms with Crippen LogP contribution in [0.15, 0.2) is 54.8 Å². The SMILES string of the molecule is C=CCN1C(=O)C(Nc2cc(OC)c(OC)c(OC)c2)=C(c2ccc(F)cc2)C1=O. The topological polar surface area (TPSA) is 77.1 Å². The van der Waals surface area contributed by atoms with Crippen LogP contribution in [0.3, 0.4) is 0 Å². The number of carbonyl (C=O) groups is 2. The molecular formula is C22H21FN2O5. The zero-order valence-electron chi connectivity index (χ0n) is 16.8. The van der Waals surface area contributed by atoms with Crippen LogP contribution in [-0.2, 0) is 9.59 Å². The molecule has 0 fully saturated rings. The molecule has 0 aliphatic carbocycles. The lowest BCUT2D eigenvalue weighted by atomic mass is 10.0. The van der Waals surface area contributed by atoms with E-state index in [1.54, 1.807) is 12.1 Å². The van der Waals surface area contributed by atoms with Crippen molar-refractivity contribution in [3.05, 3.63) is 66.1 Å². The maximum Gasteiger partial charge on any atom is 0.278 e. The van der Waals surface area contributed by atoms with Gasteiger partial charge in [0.25, 0.3) is 11.8 Å². The summed E-state index contributed by atoms with van der Waals surface area (Å²) in [7, 11) is 4.43. The van der Waals surface area contributed by atoms with Gasteiger partial charge in [0.1, 0.15) is 11.5 Å². The van der Waals surface area contributed by atoms with Crippen molar-refractivity contribution >= 4 is 23.1 Å². The van der Waals surface area contributed by atoms with Crippen LogP contribution in [0.1, 0.15) is 5.56 Å². The van der Waals surface area contributed by atoms with Gasteiger partial charge in [-0.25, -0.2) is 4.39 Å². The highest BCUT2D eigenvalue weighted by Crippen LogP contribution is 2.41. The second-order valence-corrected chi connectivity index (χ2v) is 6.31. The van der Waals surface area contributed by atoms with Gasteiger partial charge in [0.15, 0.2) is 11.5 Å². The summed E-state index contributed by atoms with van der Waals surface area (Å²) >= 11 is 0. The van der Waals surface area contributed by atoms with Crippen molar-refractivity contribution in [2.75, 3.05) is 33.2 Å². The second kappa shape index (κ2) is 8.69. The number of carbonyl (C=O) groups excluding carboxylic acids is 2. The molecule has 0 spiro atoms. The van der Waals surface area contributed by atoms with E-state index in [0.717, 1.165) is 4.90 Å². The molecule has 2 aromatic rings. The molecule has 0 radical (unpaired) electrons. The minimum Gasteiger partial charge on any atom is -0.493 e. The molecule has 0 atom stereocenters. The average molecular weight is 412 g/mol. The van der Waals surface area contributed by atoms with Crippen LogP contribution in [0.5, 0.6) is 17.2 Å². The first-order valence-electron chi connectivity index (χ1n) is 8.99. The van der Waals surface area contributed by atoms with Gasteiger partial charge in [-0.3, -0.25) is 14.5 Å². The summed E-state index contributed by atoms with van der Waals surface area (Å²) in [5, 5.41) is 3.00. The molecule has 8 heteroatoms. The fraction of sp³-hybridized carbons (Fsp3) is 0.182. The molecule has 0 unspecified atom stereocenters. The zero-order valence-corrected chi connectivity index (χ0v) is 16.8. The van der Waals surface area contributed by atoms with Crippen molar-refractivity contribution in [3.8, 4) is 17.2 Å². The Labute approximate surface area is 173 Å². The highest BCUT2D eigenvalue weighted by atomic mass is 19.1. The fourth-order valence-electron chi connectivity index (χ4n) is 3.17. The molecule has 7 nitrogen and oxygen atoms in total. The molecule has 1 N–H and O–H groups in total. The molecule has 156 valence electrons. The molecule has 1 aliphatic heterocycles. The Bertz CT molecular complexity index is 1010. The highest BCUT2D eigenvalue weighted by molar-refractivity contribution is 6.36. The lowest BCUT2D eigenvalue weighted by Gasteiger charge is -2.16. The predicted molar refractivity (Wildman–Crippen MR) is 110 cm³/mol. The normalized spacial score (nSPS) is 13.5. The summed E-state index contributed by atoms with van der Waals surface area (Å²) in [6.45, 7) is 3.64. The number of imide groups is 1. The number of anilines is 1. The summed E-state index contributed by atoms with van der Waals surface area (Å²) in [6.07, 6.45) is 1.46. The van der Waals surface area contributed by atoms with Crippen molar-refractivity contribution in [3.63, 3.8) is 0 Å². The van der Waals surface area contributed by atoms with Gasteiger partial charge in [-0.2, -0.15) is 0 Å². The highest BCUT2D eigenvalue weighted by Gasteiger charge is 2.38. The van der Waals surface area contributed by atoms with Gasteiger partial charge in [0.05, 0.1) is 26.9 Å². The fourth-order valence-corrected chi connectivity index (χ4v) is 3.17. The zero-order chi connectivity index (χ0) is 21.8. The predicted octanol–water partition coefficient (Wildman–Crippen LogP) is 3.23. The Kier molecular flexibility index (Phi) is 6.06. The van der Waals surface area contributed by atoms with Crippen molar-refractivity contribution in [2.45, 2.75) is 0 Å². The molecule has 0 bridgehead atoms. The lowest BCUT2D eigenvalue weighted by Crippen LogP contribution is -2.32.